The standard InChI is InChI=1S/C16H14O3/c17-10-4-7-14-8-9-15(11-16(14)18)19-12-13-5-2-1-3-6-13/h1-11,18H,12H2/b7-4+. The molecule has 3 nitrogen and oxygen atoms in total. The van der Waals surface area contributed by atoms with Crippen LogP contribution < -0.4 is 4.74 Å². The zero-order chi connectivity index (χ0) is 13.5. The summed E-state index contributed by atoms with van der Waals surface area (Å²) >= 11 is 0. The van der Waals surface area contributed by atoms with Crippen LogP contribution in [0.15, 0.2) is 54.6 Å². The molecule has 0 spiro atoms. The molecule has 0 bridgehead atoms. The second-order valence-electron chi connectivity index (χ2n) is 3.99. The summed E-state index contributed by atoms with van der Waals surface area (Å²) in [5.74, 6) is 0.674. The molecule has 0 saturated carbocycles. The average molecular weight is 254 g/mol. The number of carbonyl (C=O) groups excluding carboxylic acids is 1. The fourth-order valence-electron chi connectivity index (χ4n) is 1.64. The molecule has 0 unspecified atom stereocenters. The summed E-state index contributed by atoms with van der Waals surface area (Å²) in [6, 6.07) is 14.8. The summed E-state index contributed by atoms with van der Waals surface area (Å²) in [5, 5.41) is 9.77. The lowest BCUT2D eigenvalue weighted by Gasteiger charge is -2.07. The molecule has 0 aliphatic carbocycles. The number of carbonyl (C=O) groups is 1. The number of phenolic OH excluding ortho intramolecular Hbond substituents is 1. The van der Waals surface area contributed by atoms with Crippen molar-refractivity contribution in [3.05, 3.63) is 65.7 Å². The maximum atomic E-state index is 10.2. The molecule has 0 amide bonds. The van der Waals surface area contributed by atoms with Gasteiger partial charge in [-0.2, -0.15) is 0 Å². The van der Waals surface area contributed by atoms with Crippen LogP contribution in [0.4, 0.5) is 0 Å². The summed E-state index contributed by atoms with van der Waals surface area (Å²) in [4.78, 5) is 10.2. The summed E-state index contributed by atoms with van der Waals surface area (Å²) in [7, 11) is 0. The molecule has 3 heteroatoms. The average Bonchev–Trinajstić information content (AvgIpc) is 2.45. The van der Waals surface area contributed by atoms with E-state index < -0.39 is 0 Å². The van der Waals surface area contributed by atoms with Gasteiger partial charge in [-0.1, -0.05) is 30.3 Å². The molecule has 2 aromatic carbocycles. The SMILES string of the molecule is O=C/C=C/c1ccc(OCc2ccccc2)cc1O. The number of hydrogen-bond donors (Lipinski definition) is 1. The minimum Gasteiger partial charge on any atom is -0.507 e. The minimum atomic E-state index is 0.0867. The van der Waals surface area contributed by atoms with Gasteiger partial charge >= 0.3 is 0 Å². The van der Waals surface area contributed by atoms with Crippen molar-refractivity contribution in [2.75, 3.05) is 0 Å². The number of allylic oxidation sites excluding steroid dienone is 1. The van der Waals surface area contributed by atoms with Gasteiger partial charge in [-0.05, 0) is 29.8 Å². The van der Waals surface area contributed by atoms with Crippen LogP contribution in [0.25, 0.3) is 6.08 Å². The molecule has 96 valence electrons. The Labute approximate surface area is 111 Å². The summed E-state index contributed by atoms with van der Waals surface area (Å²) in [5.41, 5.74) is 1.64. The van der Waals surface area contributed by atoms with E-state index in [1.165, 1.54) is 12.1 Å². The Morgan fingerprint density at radius 1 is 1.11 bits per heavy atom. The van der Waals surface area contributed by atoms with E-state index in [0.717, 1.165) is 5.56 Å². The van der Waals surface area contributed by atoms with Gasteiger partial charge in [0.05, 0.1) is 0 Å². The van der Waals surface area contributed by atoms with Crippen molar-refractivity contribution >= 4 is 12.4 Å². The van der Waals surface area contributed by atoms with Crippen molar-refractivity contribution in [3.63, 3.8) is 0 Å². The molecule has 2 rings (SSSR count). The number of benzene rings is 2. The molecular weight excluding hydrogens is 240 g/mol. The van der Waals surface area contributed by atoms with Crippen LogP contribution in [0.5, 0.6) is 11.5 Å². The monoisotopic (exact) mass is 254 g/mol. The first-order valence-corrected chi connectivity index (χ1v) is 5.91. The lowest BCUT2D eigenvalue weighted by Crippen LogP contribution is -1.94. The van der Waals surface area contributed by atoms with Crippen LogP contribution in [-0.4, -0.2) is 11.4 Å². The van der Waals surface area contributed by atoms with E-state index in [1.54, 1.807) is 18.2 Å². The van der Waals surface area contributed by atoms with E-state index in [1.807, 2.05) is 30.3 Å². The van der Waals surface area contributed by atoms with Crippen LogP contribution in [0.3, 0.4) is 0 Å². The number of aldehydes is 1. The third-order valence-electron chi connectivity index (χ3n) is 2.60. The minimum absolute atomic E-state index is 0.0867. The highest BCUT2D eigenvalue weighted by atomic mass is 16.5. The molecule has 0 aromatic heterocycles. The number of ether oxygens (including phenoxy) is 1. The fourth-order valence-corrected chi connectivity index (χ4v) is 1.64. The molecule has 0 atom stereocenters. The van der Waals surface area contributed by atoms with E-state index in [0.29, 0.717) is 24.2 Å². The van der Waals surface area contributed by atoms with Crippen LogP contribution in [0.2, 0.25) is 0 Å². The lowest BCUT2D eigenvalue weighted by atomic mass is 10.2. The van der Waals surface area contributed by atoms with Gasteiger partial charge in [-0.25, -0.2) is 0 Å². The van der Waals surface area contributed by atoms with E-state index >= 15 is 0 Å². The molecule has 0 fully saturated rings. The van der Waals surface area contributed by atoms with Gasteiger partial charge in [-0.15, -0.1) is 0 Å². The Kier molecular flexibility index (Phi) is 4.34. The highest BCUT2D eigenvalue weighted by Gasteiger charge is 2.01. The first-order chi connectivity index (χ1) is 9.29. The highest BCUT2D eigenvalue weighted by molar-refractivity contribution is 5.75. The molecule has 0 heterocycles. The van der Waals surface area contributed by atoms with Crippen molar-refractivity contribution in [3.8, 4) is 11.5 Å². The Bertz CT molecular complexity index is 574. The van der Waals surface area contributed by atoms with Crippen molar-refractivity contribution in [2.45, 2.75) is 6.61 Å². The van der Waals surface area contributed by atoms with Gasteiger partial charge in [0.2, 0.25) is 0 Å². The predicted molar refractivity (Wildman–Crippen MR) is 74.0 cm³/mol. The van der Waals surface area contributed by atoms with Crippen LogP contribution in [0, 0.1) is 0 Å². The Hall–Kier alpha value is -2.55. The third kappa shape index (κ3) is 3.71. The van der Waals surface area contributed by atoms with E-state index in [-0.39, 0.29) is 5.75 Å². The quantitative estimate of drug-likeness (QED) is 0.658. The van der Waals surface area contributed by atoms with Gasteiger partial charge in [0.15, 0.2) is 0 Å². The number of rotatable bonds is 5. The molecule has 0 radical (unpaired) electrons. The molecular formula is C16H14O3. The summed E-state index contributed by atoms with van der Waals surface area (Å²) in [6.07, 6.45) is 3.54. The maximum absolute atomic E-state index is 10.2. The van der Waals surface area contributed by atoms with E-state index in [4.69, 9.17) is 4.74 Å². The molecule has 0 aliphatic heterocycles. The maximum Gasteiger partial charge on any atom is 0.142 e. The van der Waals surface area contributed by atoms with Gasteiger partial charge in [0.25, 0.3) is 0 Å². The zero-order valence-corrected chi connectivity index (χ0v) is 10.3. The van der Waals surface area contributed by atoms with Crippen molar-refractivity contribution in [2.24, 2.45) is 0 Å². The van der Waals surface area contributed by atoms with Crippen LogP contribution in [-0.2, 0) is 11.4 Å². The summed E-state index contributed by atoms with van der Waals surface area (Å²) < 4.78 is 5.58. The topological polar surface area (TPSA) is 46.5 Å². The molecule has 0 saturated heterocycles. The zero-order valence-electron chi connectivity index (χ0n) is 10.3. The van der Waals surface area contributed by atoms with E-state index in [2.05, 4.69) is 0 Å². The number of hydrogen-bond acceptors (Lipinski definition) is 3. The number of aromatic hydroxyl groups is 1. The second-order valence-corrected chi connectivity index (χ2v) is 3.99. The third-order valence-corrected chi connectivity index (χ3v) is 2.60. The van der Waals surface area contributed by atoms with Crippen LogP contribution in [0.1, 0.15) is 11.1 Å². The van der Waals surface area contributed by atoms with Gasteiger partial charge in [0.1, 0.15) is 24.4 Å². The Morgan fingerprint density at radius 3 is 2.58 bits per heavy atom. The summed E-state index contributed by atoms with van der Waals surface area (Å²) in [6.45, 7) is 0.448. The van der Waals surface area contributed by atoms with Crippen LogP contribution >= 0.6 is 0 Å². The fraction of sp³-hybridized carbons (Fsp3) is 0.0625. The van der Waals surface area contributed by atoms with Gasteiger partial charge in [-0.3, -0.25) is 4.79 Å². The van der Waals surface area contributed by atoms with E-state index in [9.17, 15) is 9.90 Å². The van der Waals surface area contributed by atoms with Gasteiger partial charge < -0.3 is 9.84 Å². The van der Waals surface area contributed by atoms with Crippen molar-refractivity contribution < 1.29 is 14.6 Å². The smallest absolute Gasteiger partial charge is 0.142 e. The number of phenols is 1. The highest BCUT2D eigenvalue weighted by Crippen LogP contribution is 2.25. The Balaban J connectivity index is 2.04. The second kappa shape index (κ2) is 6.40. The normalized spacial score (nSPS) is 10.5. The molecule has 19 heavy (non-hydrogen) atoms. The van der Waals surface area contributed by atoms with Crippen molar-refractivity contribution in [1.29, 1.82) is 0 Å². The largest absolute Gasteiger partial charge is 0.507 e. The van der Waals surface area contributed by atoms with Gasteiger partial charge in [0, 0.05) is 11.6 Å². The first kappa shape index (κ1) is 12.9. The molecule has 1 N–H and O–H groups in total. The molecule has 2 aromatic rings. The van der Waals surface area contributed by atoms with Crippen molar-refractivity contribution in [1.82, 2.24) is 0 Å². The first-order valence-electron chi connectivity index (χ1n) is 5.91. The lowest BCUT2D eigenvalue weighted by molar-refractivity contribution is -0.104. The predicted octanol–water partition coefficient (Wildman–Crippen LogP) is 3.18. The Morgan fingerprint density at radius 2 is 1.89 bits per heavy atom. The molecule has 0 aliphatic rings.